The van der Waals surface area contributed by atoms with E-state index in [-0.39, 0.29) is 6.04 Å². The summed E-state index contributed by atoms with van der Waals surface area (Å²) in [7, 11) is 2.04. The van der Waals surface area contributed by atoms with Crippen LogP contribution < -0.4 is 5.32 Å². The van der Waals surface area contributed by atoms with Crippen LogP contribution in [0, 0.1) is 13.8 Å². The molecule has 2 heteroatoms. The first-order valence-corrected chi connectivity index (χ1v) is 7.89. The molecule has 0 aromatic heterocycles. The molecule has 0 aliphatic heterocycles. The highest BCUT2D eigenvalue weighted by atomic mass is 79.9. The number of hydrogen-bond acceptors (Lipinski definition) is 1. The summed E-state index contributed by atoms with van der Waals surface area (Å²) in [6.07, 6.45) is 1.06. The summed E-state index contributed by atoms with van der Waals surface area (Å²) >= 11 is 3.62. The van der Waals surface area contributed by atoms with Crippen molar-refractivity contribution in [2.75, 3.05) is 7.05 Å². The third kappa shape index (κ3) is 2.97. The van der Waals surface area contributed by atoms with Gasteiger partial charge in [-0.3, -0.25) is 0 Å². The smallest absolute Gasteiger partial charge is 0.0579 e. The van der Waals surface area contributed by atoms with Gasteiger partial charge in [0, 0.05) is 4.47 Å². The van der Waals surface area contributed by atoms with Crippen LogP contribution in [-0.4, -0.2) is 7.05 Å². The Morgan fingerprint density at radius 3 is 2.40 bits per heavy atom. The summed E-state index contributed by atoms with van der Waals surface area (Å²) in [6, 6.07) is 13.4. The maximum absolute atomic E-state index is 3.62. The highest BCUT2D eigenvalue weighted by Gasteiger charge is 2.17. The SMILES string of the molecule is CCc1ccccc1C(NC)c1cc(C)c(Br)cc1C. The van der Waals surface area contributed by atoms with Crippen molar-refractivity contribution in [1.29, 1.82) is 0 Å². The van der Waals surface area contributed by atoms with E-state index in [2.05, 4.69) is 78.4 Å². The predicted molar refractivity (Wildman–Crippen MR) is 90.3 cm³/mol. The Hall–Kier alpha value is -1.12. The fraction of sp³-hybridized carbons (Fsp3) is 0.333. The summed E-state index contributed by atoms with van der Waals surface area (Å²) in [6.45, 7) is 6.54. The van der Waals surface area contributed by atoms with Crippen LogP contribution in [0.15, 0.2) is 40.9 Å². The molecule has 2 aromatic carbocycles. The van der Waals surface area contributed by atoms with E-state index in [0.717, 1.165) is 6.42 Å². The Morgan fingerprint density at radius 1 is 1.05 bits per heavy atom. The minimum Gasteiger partial charge on any atom is -0.309 e. The first-order chi connectivity index (χ1) is 9.58. The van der Waals surface area contributed by atoms with E-state index in [4.69, 9.17) is 0 Å². The highest BCUT2D eigenvalue weighted by molar-refractivity contribution is 9.10. The van der Waals surface area contributed by atoms with E-state index in [1.807, 2.05) is 7.05 Å². The Balaban J connectivity index is 2.55. The van der Waals surface area contributed by atoms with E-state index in [9.17, 15) is 0 Å². The molecule has 0 saturated carbocycles. The van der Waals surface area contributed by atoms with Gasteiger partial charge < -0.3 is 5.32 Å². The van der Waals surface area contributed by atoms with Crippen molar-refractivity contribution >= 4 is 15.9 Å². The molecule has 0 aliphatic rings. The Morgan fingerprint density at radius 2 is 1.75 bits per heavy atom. The molecule has 1 N–H and O–H groups in total. The van der Waals surface area contributed by atoms with Gasteiger partial charge in [-0.2, -0.15) is 0 Å². The van der Waals surface area contributed by atoms with Gasteiger partial charge in [0.05, 0.1) is 6.04 Å². The van der Waals surface area contributed by atoms with Crippen molar-refractivity contribution in [3.8, 4) is 0 Å². The lowest BCUT2D eigenvalue weighted by Gasteiger charge is -2.23. The number of halogens is 1. The molecule has 0 spiro atoms. The molecule has 2 aromatic rings. The van der Waals surface area contributed by atoms with Crippen LogP contribution in [-0.2, 0) is 6.42 Å². The average Bonchev–Trinajstić information content (AvgIpc) is 2.45. The molecule has 0 fully saturated rings. The zero-order valence-electron chi connectivity index (χ0n) is 12.6. The van der Waals surface area contributed by atoms with E-state index in [1.54, 1.807) is 0 Å². The maximum atomic E-state index is 3.62. The molecule has 0 heterocycles. The number of benzene rings is 2. The molecule has 0 radical (unpaired) electrons. The van der Waals surface area contributed by atoms with Gasteiger partial charge in [0.15, 0.2) is 0 Å². The average molecular weight is 332 g/mol. The second-order valence-corrected chi connectivity index (χ2v) is 6.09. The van der Waals surface area contributed by atoms with Crippen molar-refractivity contribution in [2.24, 2.45) is 0 Å². The van der Waals surface area contributed by atoms with Crippen LogP contribution in [0.2, 0.25) is 0 Å². The number of hydrogen-bond donors (Lipinski definition) is 1. The molecular weight excluding hydrogens is 310 g/mol. The van der Waals surface area contributed by atoms with Gasteiger partial charge in [-0.05, 0) is 61.2 Å². The highest BCUT2D eigenvalue weighted by Crippen LogP contribution is 2.30. The van der Waals surface area contributed by atoms with E-state index in [0.29, 0.717) is 0 Å². The first kappa shape index (κ1) is 15.3. The summed E-state index contributed by atoms with van der Waals surface area (Å²) < 4.78 is 1.18. The van der Waals surface area contributed by atoms with Gasteiger partial charge >= 0.3 is 0 Å². The fourth-order valence-corrected chi connectivity index (χ4v) is 3.19. The van der Waals surface area contributed by atoms with Gasteiger partial charge in [0.1, 0.15) is 0 Å². The molecule has 1 unspecified atom stereocenters. The largest absolute Gasteiger partial charge is 0.309 e. The monoisotopic (exact) mass is 331 g/mol. The van der Waals surface area contributed by atoms with Gasteiger partial charge in [0.2, 0.25) is 0 Å². The van der Waals surface area contributed by atoms with Crippen molar-refractivity contribution in [3.63, 3.8) is 0 Å². The zero-order valence-corrected chi connectivity index (χ0v) is 14.2. The molecule has 1 nitrogen and oxygen atoms in total. The molecule has 106 valence electrons. The van der Waals surface area contributed by atoms with Gasteiger partial charge in [-0.25, -0.2) is 0 Å². The van der Waals surface area contributed by atoms with Crippen LogP contribution in [0.4, 0.5) is 0 Å². The Kier molecular flexibility index (Phi) is 5.00. The summed E-state index contributed by atoms with van der Waals surface area (Å²) in [5.74, 6) is 0. The first-order valence-electron chi connectivity index (χ1n) is 7.10. The van der Waals surface area contributed by atoms with Gasteiger partial charge in [0.25, 0.3) is 0 Å². The third-order valence-electron chi connectivity index (χ3n) is 3.89. The van der Waals surface area contributed by atoms with E-state index < -0.39 is 0 Å². The Labute approximate surface area is 130 Å². The summed E-state index contributed by atoms with van der Waals surface area (Å²) in [4.78, 5) is 0. The minimum atomic E-state index is 0.248. The number of nitrogens with one attached hydrogen (secondary N) is 1. The molecule has 20 heavy (non-hydrogen) atoms. The second kappa shape index (κ2) is 6.55. The zero-order chi connectivity index (χ0) is 14.7. The van der Waals surface area contributed by atoms with Crippen LogP contribution in [0.3, 0.4) is 0 Å². The normalized spacial score (nSPS) is 12.4. The molecule has 0 bridgehead atoms. The van der Waals surface area contributed by atoms with Crippen molar-refractivity contribution in [1.82, 2.24) is 5.32 Å². The Bertz CT molecular complexity index is 604. The van der Waals surface area contributed by atoms with Crippen LogP contribution in [0.25, 0.3) is 0 Å². The number of rotatable bonds is 4. The van der Waals surface area contributed by atoms with Gasteiger partial charge in [-0.1, -0.05) is 53.2 Å². The lowest BCUT2D eigenvalue weighted by molar-refractivity contribution is 0.679. The lowest BCUT2D eigenvalue weighted by Crippen LogP contribution is -2.20. The lowest BCUT2D eigenvalue weighted by atomic mass is 9.90. The molecule has 0 aliphatic carbocycles. The van der Waals surface area contributed by atoms with Crippen LogP contribution in [0.5, 0.6) is 0 Å². The quantitative estimate of drug-likeness (QED) is 0.836. The fourth-order valence-electron chi connectivity index (χ4n) is 2.73. The predicted octanol–water partition coefficient (Wildman–Crippen LogP) is 4.94. The van der Waals surface area contributed by atoms with Crippen LogP contribution >= 0.6 is 15.9 Å². The van der Waals surface area contributed by atoms with Crippen molar-refractivity contribution < 1.29 is 0 Å². The van der Waals surface area contributed by atoms with E-state index in [1.165, 1.54) is 32.3 Å². The van der Waals surface area contributed by atoms with Gasteiger partial charge in [-0.15, -0.1) is 0 Å². The van der Waals surface area contributed by atoms with Crippen LogP contribution in [0.1, 0.15) is 40.8 Å². The molecule has 0 saturated heterocycles. The number of aryl methyl sites for hydroxylation is 3. The molecule has 0 amide bonds. The van der Waals surface area contributed by atoms with E-state index >= 15 is 0 Å². The molecule has 2 rings (SSSR count). The van der Waals surface area contributed by atoms with Crippen molar-refractivity contribution in [3.05, 3.63) is 68.7 Å². The maximum Gasteiger partial charge on any atom is 0.0579 e. The third-order valence-corrected chi connectivity index (χ3v) is 4.75. The second-order valence-electron chi connectivity index (χ2n) is 5.23. The van der Waals surface area contributed by atoms with Crippen molar-refractivity contribution in [2.45, 2.75) is 33.2 Å². The summed E-state index contributed by atoms with van der Waals surface area (Å²) in [5, 5.41) is 3.48. The standard InChI is InChI=1S/C18H22BrN/c1-5-14-8-6-7-9-15(14)18(20-4)16-10-13(3)17(19)11-12(16)2/h6-11,18,20H,5H2,1-4H3. The topological polar surface area (TPSA) is 12.0 Å². The molecular formula is C18H22BrN. The minimum absolute atomic E-state index is 0.248. The summed E-state index contributed by atoms with van der Waals surface area (Å²) in [5.41, 5.74) is 6.73. The molecule has 1 atom stereocenters.